The fourth-order valence-electron chi connectivity index (χ4n) is 2.07. The minimum Gasteiger partial charge on any atom is -0.276 e. The van der Waals surface area contributed by atoms with Gasteiger partial charge in [-0.1, -0.05) is 25.8 Å². The van der Waals surface area contributed by atoms with E-state index in [1.807, 2.05) is 0 Å². The van der Waals surface area contributed by atoms with Gasteiger partial charge in [0, 0.05) is 11.8 Å². The minimum absolute atomic E-state index is 0.221. The fraction of sp³-hybridized carbons (Fsp3) is 0.500. The lowest BCUT2D eigenvalue weighted by molar-refractivity contribution is 0.108. The Kier molecular flexibility index (Phi) is 5.56. The lowest BCUT2D eigenvalue weighted by atomic mass is 10.0. The van der Waals surface area contributed by atoms with Gasteiger partial charge in [-0.3, -0.25) is 4.79 Å². The molecule has 0 amide bonds. The summed E-state index contributed by atoms with van der Waals surface area (Å²) in [5.74, 6) is 0. The highest BCUT2D eigenvalue weighted by Crippen LogP contribution is 2.24. The summed E-state index contributed by atoms with van der Waals surface area (Å²) in [7, 11) is -3.35. The van der Waals surface area contributed by atoms with Crippen molar-refractivity contribution in [3.8, 4) is 0 Å². The second kappa shape index (κ2) is 6.53. The summed E-state index contributed by atoms with van der Waals surface area (Å²) in [6.07, 6.45) is 4.92. The molecule has 1 aromatic carbocycles. The monoisotopic (exact) mass is 302 g/mol. The smallest absolute Gasteiger partial charge is 0.252 e. The molecule has 106 valence electrons. The van der Waals surface area contributed by atoms with Crippen molar-refractivity contribution in [2.75, 3.05) is 6.26 Å². The van der Waals surface area contributed by atoms with Crippen molar-refractivity contribution in [2.45, 2.75) is 44.4 Å². The third-order valence-electron chi connectivity index (χ3n) is 3.07. The first-order valence-electron chi connectivity index (χ1n) is 6.30. The molecule has 0 saturated carbocycles. The molecule has 0 radical (unpaired) electrons. The van der Waals surface area contributed by atoms with Gasteiger partial charge in [-0.05, 0) is 48.6 Å². The van der Waals surface area contributed by atoms with Crippen LogP contribution in [0.4, 0.5) is 0 Å². The molecule has 1 rings (SSSR count). The molecular formula is C14H19ClO3S. The zero-order valence-electron chi connectivity index (χ0n) is 11.5. The number of halogens is 1. The largest absolute Gasteiger partial charge is 0.276 e. The quantitative estimate of drug-likeness (QED) is 0.597. The molecule has 0 aliphatic heterocycles. The molecule has 0 fully saturated rings. The van der Waals surface area contributed by atoms with Gasteiger partial charge in [0.15, 0.2) is 9.84 Å². The van der Waals surface area contributed by atoms with Gasteiger partial charge in [0.2, 0.25) is 0 Å². The Morgan fingerprint density at radius 2 is 1.89 bits per heavy atom. The average Bonchev–Trinajstić information content (AvgIpc) is 2.27. The third-order valence-corrected chi connectivity index (χ3v) is 4.45. The molecule has 0 N–H and O–H groups in total. The summed E-state index contributed by atoms with van der Waals surface area (Å²) in [5.41, 5.74) is 1.76. The molecule has 3 nitrogen and oxygen atoms in total. The van der Waals surface area contributed by atoms with Crippen molar-refractivity contribution in [3.63, 3.8) is 0 Å². The van der Waals surface area contributed by atoms with Crippen LogP contribution in [0, 0.1) is 6.92 Å². The lowest BCUT2D eigenvalue weighted by Gasteiger charge is -2.11. The maximum Gasteiger partial charge on any atom is 0.252 e. The molecule has 0 heterocycles. The summed E-state index contributed by atoms with van der Waals surface area (Å²) >= 11 is 5.48. The number of carbonyl (C=O) groups is 1. The van der Waals surface area contributed by atoms with Crippen molar-refractivity contribution in [1.82, 2.24) is 0 Å². The van der Waals surface area contributed by atoms with Gasteiger partial charge in [-0.25, -0.2) is 8.42 Å². The van der Waals surface area contributed by atoms with Crippen LogP contribution in [0.5, 0.6) is 0 Å². The van der Waals surface area contributed by atoms with Gasteiger partial charge in [0.1, 0.15) is 0 Å². The summed E-state index contributed by atoms with van der Waals surface area (Å²) in [4.78, 5) is 11.5. The Hall–Kier alpha value is -0.870. The highest BCUT2D eigenvalue weighted by Gasteiger charge is 2.18. The van der Waals surface area contributed by atoms with Gasteiger partial charge in [-0.2, -0.15) is 0 Å². The summed E-state index contributed by atoms with van der Waals surface area (Å²) in [6.45, 7) is 3.86. The third kappa shape index (κ3) is 4.32. The van der Waals surface area contributed by atoms with Crippen LogP contribution < -0.4 is 0 Å². The molecule has 0 spiro atoms. The molecule has 1 aromatic rings. The van der Waals surface area contributed by atoms with Crippen LogP contribution in [-0.4, -0.2) is 19.9 Å². The number of sulfone groups is 1. The van der Waals surface area contributed by atoms with E-state index in [0.717, 1.165) is 36.6 Å². The van der Waals surface area contributed by atoms with Gasteiger partial charge >= 0.3 is 0 Å². The molecule has 5 heteroatoms. The number of rotatable bonds is 6. The van der Waals surface area contributed by atoms with E-state index in [-0.39, 0.29) is 10.5 Å². The van der Waals surface area contributed by atoms with Crippen LogP contribution in [-0.2, 0) is 16.3 Å². The van der Waals surface area contributed by atoms with E-state index < -0.39 is 15.1 Å². The molecule has 0 bridgehead atoms. The second-order valence-corrected chi connectivity index (χ2v) is 7.11. The van der Waals surface area contributed by atoms with E-state index in [9.17, 15) is 13.2 Å². The van der Waals surface area contributed by atoms with Gasteiger partial charge in [0.05, 0.1) is 4.90 Å². The first-order valence-corrected chi connectivity index (χ1v) is 8.57. The second-order valence-electron chi connectivity index (χ2n) is 4.78. The van der Waals surface area contributed by atoms with Crippen LogP contribution in [0.15, 0.2) is 17.0 Å². The Morgan fingerprint density at radius 1 is 1.26 bits per heavy atom. The molecule has 0 aromatic heterocycles. The van der Waals surface area contributed by atoms with Crippen molar-refractivity contribution in [2.24, 2.45) is 0 Å². The Morgan fingerprint density at radius 3 is 2.37 bits per heavy atom. The van der Waals surface area contributed by atoms with E-state index in [2.05, 4.69) is 6.92 Å². The first-order chi connectivity index (χ1) is 8.77. The van der Waals surface area contributed by atoms with E-state index in [1.165, 1.54) is 6.07 Å². The summed E-state index contributed by atoms with van der Waals surface area (Å²) < 4.78 is 23.6. The SMILES string of the molecule is CCCCCc1cc(C)c(C(=O)Cl)cc1S(C)(=O)=O. The predicted molar refractivity (Wildman–Crippen MR) is 77.7 cm³/mol. The van der Waals surface area contributed by atoms with E-state index in [1.54, 1.807) is 13.0 Å². The zero-order valence-corrected chi connectivity index (χ0v) is 13.1. The number of hydrogen-bond acceptors (Lipinski definition) is 3. The molecule has 0 aliphatic rings. The van der Waals surface area contributed by atoms with E-state index in [4.69, 9.17) is 11.6 Å². The highest BCUT2D eigenvalue weighted by molar-refractivity contribution is 7.90. The molecule has 0 saturated heterocycles. The zero-order chi connectivity index (χ0) is 14.6. The maximum absolute atomic E-state index is 11.8. The summed E-state index contributed by atoms with van der Waals surface area (Å²) in [6, 6.07) is 3.17. The predicted octanol–water partition coefficient (Wildman–Crippen LogP) is 3.51. The van der Waals surface area contributed by atoms with Gasteiger partial charge in [-0.15, -0.1) is 0 Å². The average molecular weight is 303 g/mol. The first kappa shape index (κ1) is 16.2. The van der Waals surface area contributed by atoms with Crippen molar-refractivity contribution < 1.29 is 13.2 Å². The van der Waals surface area contributed by atoms with Crippen molar-refractivity contribution >= 4 is 26.7 Å². The molecule has 0 aliphatic carbocycles. The van der Waals surface area contributed by atoms with E-state index >= 15 is 0 Å². The van der Waals surface area contributed by atoms with Gasteiger partial charge in [0.25, 0.3) is 5.24 Å². The lowest BCUT2D eigenvalue weighted by Crippen LogP contribution is -2.07. The van der Waals surface area contributed by atoms with Crippen LogP contribution in [0.3, 0.4) is 0 Å². The maximum atomic E-state index is 11.8. The topological polar surface area (TPSA) is 51.2 Å². The summed E-state index contributed by atoms with van der Waals surface area (Å²) in [5, 5.41) is -0.623. The standard InChI is InChI=1S/C14H19ClO3S/c1-4-5-6-7-11-8-10(2)12(14(15)16)9-13(11)19(3,17)18/h8-9H,4-7H2,1-3H3. The van der Waals surface area contributed by atoms with Crippen molar-refractivity contribution in [3.05, 3.63) is 28.8 Å². The van der Waals surface area contributed by atoms with Gasteiger partial charge < -0.3 is 0 Å². The van der Waals surface area contributed by atoms with Crippen LogP contribution >= 0.6 is 11.6 Å². The number of unbranched alkanes of at least 4 members (excludes halogenated alkanes) is 2. The highest BCUT2D eigenvalue weighted by atomic mass is 35.5. The van der Waals surface area contributed by atoms with Crippen LogP contribution in [0.25, 0.3) is 0 Å². The van der Waals surface area contributed by atoms with E-state index in [0.29, 0.717) is 6.42 Å². The minimum atomic E-state index is -3.35. The Labute approximate surface area is 119 Å². The Balaban J connectivity index is 3.29. The Bertz CT molecular complexity index is 577. The fourth-order valence-corrected chi connectivity index (χ4v) is 3.24. The molecule has 0 atom stereocenters. The van der Waals surface area contributed by atoms with Crippen molar-refractivity contribution in [1.29, 1.82) is 0 Å². The van der Waals surface area contributed by atoms with Crippen LogP contribution in [0.2, 0.25) is 0 Å². The molecular weight excluding hydrogens is 284 g/mol. The number of aryl methyl sites for hydroxylation is 2. The normalized spacial score (nSPS) is 11.6. The number of carbonyl (C=O) groups excluding carboxylic acids is 1. The molecule has 19 heavy (non-hydrogen) atoms. The van der Waals surface area contributed by atoms with Crippen LogP contribution in [0.1, 0.15) is 47.7 Å². The number of hydrogen-bond donors (Lipinski definition) is 0. The molecule has 0 unspecified atom stereocenters. The number of benzene rings is 1.